The van der Waals surface area contributed by atoms with Gasteiger partial charge in [0.25, 0.3) is 0 Å². The lowest BCUT2D eigenvalue weighted by molar-refractivity contribution is 0.373. The van der Waals surface area contributed by atoms with Gasteiger partial charge < -0.3 is 15.3 Å². The largest absolute Gasteiger partial charge is 0.493 e. The van der Waals surface area contributed by atoms with Gasteiger partial charge >= 0.3 is 0 Å². The van der Waals surface area contributed by atoms with Crippen LogP contribution in [-0.2, 0) is 6.42 Å². The summed E-state index contributed by atoms with van der Waals surface area (Å²) in [6, 6.07) is 6.19. The molecule has 2 aliphatic heterocycles. The maximum Gasteiger partial charge on any atom is 0.218 e. The van der Waals surface area contributed by atoms with Crippen molar-refractivity contribution in [2.45, 2.75) is 19.3 Å². The maximum atomic E-state index is 10.0. The Morgan fingerprint density at radius 3 is 3.00 bits per heavy atom. The molecule has 0 aliphatic carbocycles. The number of benzene rings is 1. The Morgan fingerprint density at radius 2 is 2.14 bits per heavy atom. The van der Waals surface area contributed by atoms with Crippen LogP contribution in [0.4, 0.5) is 5.69 Å². The second-order valence-corrected chi connectivity index (χ2v) is 6.20. The predicted octanol–water partition coefficient (Wildman–Crippen LogP) is 2.30. The molecule has 110 valence electrons. The molecule has 4 nitrogen and oxygen atoms in total. The monoisotopic (exact) mass is 283 g/mol. The van der Waals surface area contributed by atoms with Crippen LogP contribution in [0, 0.1) is 5.92 Å². The minimum absolute atomic E-state index is 0.152. The molecule has 2 N–H and O–H groups in total. The van der Waals surface area contributed by atoms with E-state index in [0.29, 0.717) is 0 Å². The number of piperidine rings is 1. The number of hydrogen-bond donors (Lipinski definition) is 2. The number of aromatic nitrogens is 1. The van der Waals surface area contributed by atoms with E-state index < -0.39 is 0 Å². The van der Waals surface area contributed by atoms with Gasteiger partial charge in [0.2, 0.25) is 5.88 Å². The van der Waals surface area contributed by atoms with E-state index in [0.717, 1.165) is 43.9 Å². The van der Waals surface area contributed by atoms with Gasteiger partial charge in [-0.25, -0.2) is 4.98 Å². The molecule has 1 aromatic heterocycles. The minimum Gasteiger partial charge on any atom is -0.493 e. The number of rotatable bonds is 2. The highest BCUT2D eigenvalue weighted by molar-refractivity contribution is 6.00. The van der Waals surface area contributed by atoms with Gasteiger partial charge in [-0.05, 0) is 56.0 Å². The molecule has 4 heteroatoms. The third-order valence-corrected chi connectivity index (χ3v) is 4.88. The topological polar surface area (TPSA) is 48.4 Å². The van der Waals surface area contributed by atoms with Crippen molar-refractivity contribution in [3.05, 3.63) is 30.0 Å². The van der Waals surface area contributed by atoms with Crippen molar-refractivity contribution < 1.29 is 5.11 Å². The van der Waals surface area contributed by atoms with Crippen LogP contribution < -0.4 is 10.2 Å². The number of nitrogens with one attached hydrogen (secondary N) is 1. The molecule has 3 heterocycles. The van der Waals surface area contributed by atoms with Crippen LogP contribution in [0.5, 0.6) is 5.88 Å². The van der Waals surface area contributed by atoms with E-state index in [4.69, 9.17) is 0 Å². The van der Waals surface area contributed by atoms with Crippen LogP contribution in [0.25, 0.3) is 10.8 Å². The fourth-order valence-electron chi connectivity index (χ4n) is 3.73. The second-order valence-electron chi connectivity index (χ2n) is 6.20. The molecule has 0 amide bonds. The summed E-state index contributed by atoms with van der Waals surface area (Å²) < 4.78 is 0. The summed E-state index contributed by atoms with van der Waals surface area (Å²) in [5.41, 5.74) is 2.53. The van der Waals surface area contributed by atoms with Crippen LogP contribution >= 0.6 is 0 Å². The highest BCUT2D eigenvalue weighted by atomic mass is 16.3. The molecule has 2 aliphatic rings. The van der Waals surface area contributed by atoms with Gasteiger partial charge in [0.15, 0.2) is 0 Å². The van der Waals surface area contributed by atoms with E-state index in [-0.39, 0.29) is 5.88 Å². The summed E-state index contributed by atoms with van der Waals surface area (Å²) in [5, 5.41) is 15.5. The van der Waals surface area contributed by atoms with E-state index in [1.165, 1.54) is 29.5 Å². The van der Waals surface area contributed by atoms with Crippen LogP contribution in [0.2, 0.25) is 0 Å². The van der Waals surface area contributed by atoms with Gasteiger partial charge in [-0.15, -0.1) is 0 Å². The Morgan fingerprint density at radius 1 is 1.29 bits per heavy atom. The summed E-state index contributed by atoms with van der Waals surface area (Å²) in [6.45, 7) is 4.47. The first-order chi connectivity index (χ1) is 10.3. The van der Waals surface area contributed by atoms with E-state index in [1.54, 1.807) is 0 Å². The second kappa shape index (κ2) is 5.19. The fourth-order valence-corrected chi connectivity index (χ4v) is 3.73. The van der Waals surface area contributed by atoms with Crippen LogP contribution in [-0.4, -0.2) is 36.3 Å². The lowest BCUT2D eigenvalue weighted by Crippen LogP contribution is -2.38. The standard InChI is InChI=1S/C17H21N3O/c21-17-14-2-1-3-15-16(14)13(10-19-17)6-9-20(15)11-12-4-7-18-8-5-12/h1-3,10,12,18H,4-9,11H2,(H,19,21). The molecular formula is C17H21N3O. The average molecular weight is 283 g/mol. The van der Waals surface area contributed by atoms with Crippen molar-refractivity contribution in [2.75, 3.05) is 31.1 Å². The minimum atomic E-state index is 0.152. The van der Waals surface area contributed by atoms with Crippen molar-refractivity contribution in [3.63, 3.8) is 0 Å². The fraction of sp³-hybridized carbons (Fsp3) is 0.471. The van der Waals surface area contributed by atoms with E-state index in [1.807, 2.05) is 18.3 Å². The molecule has 0 saturated carbocycles. The summed E-state index contributed by atoms with van der Waals surface area (Å²) >= 11 is 0. The third-order valence-electron chi connectivity index (χ3n) is 4.88. The predicted molar refractivity (Wildman–Crippen MR) is 84.9 cm³/mol. The Kier molecular flexibility index (Phi) is 3.19. The van der Waals surface area contributed by atoms with Gasteiger partial charge in [-0.3, -0.25) is 0 Å². The van der Waals surface area contributed by atoms with Crippen molar-refractivity contribution in [3.8, 4) is 5.88 Å². The molecule has 0 bridgehead atoms. The van der Waals surface area contributed by atoms with Gasteiger partial charge in [-0.1, -0.05) is 6.07 Å². The maximum absolute atomic E-state index is 10.0. The Bertz CT molecular complexity index is 664. The lowest BCUT2D eigenvalue weighted by Gasteiger charge is -2.35. The van der Waals surface area contributed by atoms with E-state index in [2.05, 4.69) is 21.3 Å². The van der Waals surface area contributed by atoms with Gasteiger partial charge in [0, 0.05) is 35.7 Å². The molecule has 0 spiro atoms. The van der Waals surface area contributed by atoms with Crippen LogP contribution in [0.3, 0.4) is 0 Å². The van der Waals surface area contributed by atoms with Crippen LogP contribution in [0.1, 0.15) is 18.4 Å². The number of nitrogens with zero attached hydrogens (tertiary/aromatic N) is 2. The van der Waals surface area contributed by atoms with Gasteiger partial charge in [0.1, 0.15) is 0 Å². The highest BCUT2D eigenvalue weighted by Gasteiger charge is 2.23. The van der Waals surface area contributed by atoms with E-state index >= 15 is 0 Å². The van der Waals surface area contributed by atoms with Crippen molar-refractivity contribution in [2.24, 2.45) is 5.92 Å². The summed E-state index contributed by atoms with van der Waals surface area (Å²) in [4.78, 5) is 6.63. The first-order valence-electron chi connectivity index (χ1n) is 7.88. The molecule has 1 fully saturated rings. The molecule has 1 saturated heterocycles. The molecule has 2 aromatic rings. The molecule has 0 radical (unpaired) electrons. The number of hydrogen-bond acceptors (Lipinski definition) is 4. The van der Waals surface area contributed by atoms with Crippen molar-refractivity contribution >= 4 is 16.5 Å². The van der Waals surface area contributed by atoms with Gasteiger partial charge in [0.05, 0.1) is 0 Å². The SMILES string of the molecule is Oc1ncc2c3c(cccc13)N(CC1CCNCC1)CC2. The molecule has 0 atom stereocenters. The quantitative estimate of drug-likeness (QED) is 0.888. The van der Waals surface area contributed by atoms with Crippen molar-refractivity contribution in [1.82, 2.24) is 10.3 Å². The lowest BCUT2D eigenvalue weighted by atomic mass is 9.94. The average Bonchev–Trinajstić information content (AvgIpc) is 2.54. The molecule has 4 rings (SSSR count). The molecular weight excluding hydrogens is 262 g/mol. The summed E-state index contributed by atoms with van der Waals surface area (Å²) in [7, 11) is 0. The summed E-state index contributed by atoms with van der Waals surface area (Å²) in [6.07, 6.45) is 5.39. The zero-order chi connectivity index (χ0) is 14.2. The van der Waals surface area contributed by atoms with E-state index in [9.17, 15) is 5.11 Å². The Hall–Kier alpha value is -1.81. The molecule has 1 aromatic carbocycles. The van der Waals surface area contributed by atoms with Gasteiger partial charge in [-0.2, -0.15) is 0 Å². The first kappa shape index (κ1) is 12.9. The Balaban J connectivity index is 1.71. The first-order valence-corrected chi connectivity index (χ1v) is 7.88. The number of anilines is 1. The molecule has 0 unspecified atom stereocenters. The zero-order valence-corrected chi connectivity index (χ0v) is 12.2. The summed E-state index contributed by atoms with van der Waals surface area (Å²) in [5.74, 6) is 0.929. The highest BCUT2D eigenvalue weighted by Crippen LogP contribution is 2.37. The zero-order valence-electron chi connectivity index (χ0n) is 12.2. The van der Waals surface area contributed by atoms with Crippen LogP contribution in [0.15, 0.2) is 24.4 Å². The third kappa shape index (κ3) is 2.23. The van der Waals surface area contributed by atoms with Crippen molar-refractivity contribution in [1.29, 1.82) is 0 Å². The smallest absolute Gasteiger partial charge is 0.218 e. The Labute approximate surface area is 124 Å². The normalized spacial score (nSPS) is 19.1. The number of pyridine rings is 1. The number of aromatic hydroxyl groups is 1. The molecule has 21 heavy (non-hydrogen) atoms.